The minimum atomic E-state index is -3.74. The number of sulfonamides is 1. The minimum absolute atomic E-state index is 0.0395. The molecule has 1 aromatic carbocycles. The summed E-state index contributed by atoms with van der Waals surface area (Å²) in [6, 6.07) is 7.65. The highest BCUT2D eigenvalue weighted by atomic mass is 32.2. The van der Waals surface area contributed by atoms with Gasteiger partial charge in [0.25, 0.3) is 0 Å². The van der Waals surface area contributed by atoms with Gasteiger partial charge in [-0.25, -0.2) is 18.1 Å². The van der Waals surface area contributed by atoms with E-state index in [0.717, 1.165) is 18.9 Å². The molecular formula is C19H24N4O5S. The monoisotopic (exact) mass is 420 g/mol. The first-order valence-corrected chi connectivity index (χ1v) is 10.8. The van der Waals surface area contributed by atoms with Crippen LogP contribution in [0.15, 0.2) is 35.2 Å². The summed E-state index contributed by atoms with van der Waals surface area (Å²) in [5.41, 5.74) is 0.344. The van der Waals surface area contributed by atoms with Gasteiger partial charge in [-0.2, -0.15) is 4.98 Å². The number of ether oxygens (including phenoxy) is 2. The quantitative estimate of drug-likeness (QED) is 0.501. The average molecular weight is 420 g/mol. The van der Waals surface area contributed by atoms with E-state index in [1.165, 1.54) is 19.1 Å². The summed E-state index contributed by atoms with van der Waals surface area (Å²) >= 11 is 0. The normalized spacial score (nSPS) is 14.6. The molecule has 0 amide bonds. The van der Waals surface area contributed by atoms with Crippen LogP contribution in [-0.2, 0) is 14.8 Å². The summed E-state index contributed by atoms with van der Waals surface area (Å²) in [7, 11) is -3.74. The van der Waals surface area contributed by atoms with Crippen molar-refractivity contribution >= 4 is 21.6 Å². The van der Waals surface area contributed by atoms with Crippen molar-refractivity contribution in [2.75, 3.05) is 44.4 Å². The first-order chi connectivity index (χ1) is 13.8. The smallest absolute Gasteiger partial charge is 0.240 e. The first-order valence-electron chi connectivity index (χ1n) is 9.27. The Morgan fingerprint density at radius 3 is 2.72 bits per heavy atom. The Labute approximate surface area is 170 Å². The van der Waals surface area contributed by atoms with Crippen LogP contribution in [0.4, 0.5) is 5.82 Å². The number of anilines is 1. The number of Topliss-reactive ketones (excluding diaryl/α,β-unsaturated/α-hetero) is 1. The van der Waals surface area contributed by atoms with Crippen LogP contribution in [0, 0.1) is 6.92 Å². The standard InChI is InChI=1S/C19H24N4O5S/c1-14(24)16-4-3-5-17(12-16)29(25,26)20-6-9-28-19-13-18(21-15(2)22-19)23-7-10-27-11-8-23/h3-5,12-13,20H,6-11H2,1-2H3. The van der Waals surface area contributed by atoms with Gasteiger partial charge in [0.2, 0.25) is 15.9 Å². The predicted molar refractivity (Wildman–Crippen MR) is 107 cm³/mol. The van der Waals surface area contributed by atoms with E-state index < -0.39 is 10.0 Å². The number of ketones is 1. The molecule has 0 radical (unpaired) electrons. The summed E-state index contributed by atoms with van der Waals surface area (Å²) in [5.74, 6) is 1.53. The molecule has 3 rings (SSSR count). The summed E-state index contributed by atoms with van der Waals surface area (Å²) in [6.07, 6.45) is 0. The number of benzene rings is 1. The van der Waals surface area contributed by atoms with Crippen LogP contribution < -0.4 is 14.4 Å². The van der Waals surface area contributed by atoms with Crippen molar-refractivity contribution in [1.82, 2.24) is 14.7 Å². The van der Waals surface area contributed by atoms with Crippen molar-refractivity contribution in [3.8, 4) is 5.88 Å². The molecule has 1 aromatic heterocycles. The summed E-state index contributed by atoms with van der Waals surface area (Å²) in [5, 5.41) is 0. The maximum Gasteiger partial charge on any atom is 0.240 e. The SMILES string of the molecule is CC(=O)c1cccc(S(=O)(=O)NCCOc2cc(N3CCOCC3)nc(C)n2)c1. The number of nitrogens with zero attached hydrogens (tertiary/aromatic N) is 3. The molecule has 10 heteroatoms. The fraction of sp³-hybridized carbons (Fsp3) is 0.421. The third-order valence-corrected chi connectivity index (χ3v) is 5.79. The fourth-order valence-electron chi connectivity index (χ4n) is 2.85. The van der Waals surface area contributed by atoms with E-state index in [9.17, 15) is 13.2 Å². The van der Waals surface area contributed by atoms with E-state index in [0.29, 0.717) is 30.5 Å². The van der Waals surface area contributed by atoms with Crippen LogP contribution >= 0.6 is 0 Å². The minimum Gasteiger partial charge on any atom is -0.476 e. The third-order valence-electron chi connectivity index (χ3n) is 4.33. The van der Waals surface area contributed by atoms with E-state index in [1.807, 2.05) is 0 Å². The Bertz CT molecular complexity index is 974. The van der Waals surface area contributed by atoms with Crippen molar-refractivity contribution < 1.29 is 22.7 Å². The predicted octanol–water partition coefficient (Wildman–Crippen LogP) is 1.18. The Morgan fingerprint density at radius 1 is 1.24 bits per heavy atom. The van der Waals surface area contributed by atoms with Gasteiger partial charge in [0.15, 0.2) is 5.78 Å². The number of carbonyl (C=O) groups is 1. The lowest BCUT2D eigenvalue weighted by Crippen LogP contribution is -2.37. The van der Waals surface area contributed by atoms with Crippen molar-refractivity contribution in [3.63, 3.8) is 0 Å². The molecule has 1 saturated heterocycles. The summed E-state index contributed by atoms with van der Waals surface area (Å²) in [4.78, 5) is 22.3. The second-order valence-electron chi connectivity index (χ2n) is 6.54. The first kappa shape index (κ1) is 21.2. The molecule has 9 nitrogen and oxygen atoms in total. The maximum atomic E-state index is 12.4. The zero-order valence-corrected chi connectivity index (χ0v) is 17.2. The molecule has 2 aromatic rings. The van der Waals surface area contributed by atoms with Crippen molar-refractivity contribution in [2.45, 2.75) is 18.7 Å². The van der Waals surface area contributed by atoms with Crippen LogP contribution in [-0.4, -0.2) is 63.6 Å². The van der Waals surface area contributed by atoms with Gasteiger partial charge in [-0.05, 0) is 26.0 Å². The molecule has 0 atom stereocenters. The van der Waals surface area contributed by atoms with Crippen LogP contribution in [0.3, 0.4) is 0 Å². The molecule has 1 fully saturated rings. The van der Waals surface area contributed by atoms with Gasteiger partial charge in [-0.1, -0.05) is 12.1 Å². The number of hydrogen-bond acceptors (Lipinski definition) is 8. The van der Waals surface area contributed by atoms with Crippen LogP contribution in [0.2, 0.25) is 0 Å². The van der Waals surface area contributed by atoms with E-state index in [2.05, 4.69) is 19.6 Å². The van der Waals surface area contributed by atoms with Crippen molar-refractivity contribution in [1.29, 1.82) is 0 Å². The number of rotatable bonds is 8. The van der Waals surface area contributed by atoms with Gasteiger partial charge in [0, 0.05) is 31.3 Å². The van der Waals surface area contributed by atoms with Gasteiger partial charge >= 0.3 is 0 Å². The highest BCUT2D eigenvalue weighted by Crippen LogP contribution is 2.18. The number of aromatic nitrogens is 2. The van der Waals surface area contributed by atoms with Gasteiger partial charge in [-0.15, -0.1) is 0 Å². The second kappa shape index (κ2) is 9.29. The lowest BCUT2D eigenvalue weighted by atomic mass is 10.2. The van der Waals surface area contributed by atoms with Gasteiger partial charge in [-0.3, -0.25) is 4.79 Å². The van der Waals surface area contributed by atoms with Gasteiger partial charge in [0.1, 0.15) is 18.2 Å². The Morgan fingerprint density at radius 2 is 2.00 bits per heavy atom. The topological polar surface area (TPSA) is 111 Å². The van der Waals surface area contributed by atoms with Crippen LogP contribution in [0.25, 0.3) is 0 Å². The molecule has 1 aliphatic rings. The largest absolute Gasteiger partial charge is 0.476 e. The molecule has 156 valence electrons. The summed E-state index contributed by atoms with van der Waals surface area (Å²) < 4.78 is 38.3. The number of aryl methyl sites for hydroxylation is 1. The van der Waals surface area contributed by atoms with Crippen molar-refractivity contribution in [2.24, 2.45) is 0 Å². The summed E-state index contributed by atoms with van der Waals surface area (Å²) in [6.45, 7) is 6.11. The molecule has 0 unspecified atom stereocenters. The van der Waals surface area contributed by atoms with E-state index in [-0.39, 0.29) is 23.8 Å². The lowest BCUT2D eigenvalue weighted by Gasteiger charge is -2.28. The number of nitrogens with one attached hydrogen (secondary N) is 1. The second-order valence-corrected chi connectivity index (χ2v) is 8.31. The maximum absolute atomic E-state index is 12.4. The Hall–Kier alpha value is -2.56. The number of morpholine rings is 1. The Balaban J connectivity index is 1.58. The molecular weight excluding hydrogens is 396 g/mol. The average Bonchev–Trinajstić information content (AvgIpc) is 2.71. The third kappa shape index (κ3) is 5.72. The lowest BCUT2D eigenvalue weighted by molar-refractivity contribution is 0.101. The van der Waals surface area contributed by atoms with Crippen molar-refractivity contribution in [3.05, 3.63) is 41.7 Å². The molecule has 0 spiro atoms. The van der Waals surface area contributed by atoms with E-state index >= 15 is 0 Å². The molecule has 0 aliphatic carbocycles. The van der Waals surface area contributed by atoms with Gasteiger partial charge < -0.3 is 14.4 Å². The van der Waals surface area contributed by atoms with Crippen LogP contribution in [0.1, 0.15) is 23.1 Å². The molecule has 1 aliphatic heterocycles. The number of hydrogen-bond donors (Lipinski definition) is 1. The molecule has 1 N–H and O–H groups in total. The zero-order chi connectivity index (χ0) is 20.9. The Kier molecular flexibility index (Phi) is 6.78. The van der Waals surface area contributed by atoms with E-state index in [4.69, 9.17) is 9.47 Å². The highest BCUT2D eigenvalue weighted by molar-refractivity contribution is 7.89. The molecule has 2 heterocycles. The zero-order valence-electron chi connectivity index (χ0n) is 16.4. The number of carbonyl (C=O) groups excluding carboxylic acids is 1. The molecule has 29 heavy (non-hydrogen) atoms. The molecule has 0 saturated carbocycles. The van der Waals surface area contributed by atoms with Gasteiger partial charge in [0.05, 0.1) is 18.1 Å². The van der Waals surface area contributed by atoms with E-state index in [1.54, 1.807) is 25.1 Å². The van der Waals surface area contributed by atoms with Crippen LogP contribution in [0.5, 0.6) is 5.88 Å². The highest BCUT2D eigenvalue weighted by Gasteiger charge is 2.16. The molecule has 0 bridgehead atoms. The fourth-order valence-corrected chi connectivity index (χ4v) is 3.91.